The number of nitrogens with zero attached hydrogens (tertiary/aromatic N) is 2. The molecule has 1 atom stereocenters. The minimum atomic E-state index is -0.813. The van der Waals surface area contributed by atoms with E-state index < -0.39 is 17.4 Å². The Labute approximate surface area is 89.8 Å². The number of fused-ring (bicyclic) bond motifs is 1. The maximum absolute atomic E-state index is 11.5. The van der Waals surface area contributed by atoms with Gasteiger partial charge in [0.15, 0.2) is 5.65 Å². The van der Waals surface area contributed by atoms with E-state index in [4.69, 9.17) is 0 Å². The number of rotatable bonds is 2. The fraction of sp³-hybridized carbons (Fsp3) is 0.444. The maximum Gasteiger partial charge on any atom is 0.330 e. The van der Waals surface area contributed by atoms with Gasteiger partial charge in [-0.1, -0.05) is 0 Å². The predicted molar refractivity (Wildman–Crippen MR) is 57.3 cm³/mol. The predicted octanol–water partition coefficient (Wildman–Crippen LogP) is -0.514. The Hall–Kier alpha value is -1.89. The summed E-state index contributed by atoms with van der Waals surface area (Å²) in [5, 5.41) is 9.36. The van der Waals surface area contributed by atoms with Gasteiger partial charge in [-0.2, -0.15) is 0 Å². The standard InChI is InChI=1S/C9H12N4O3/c1-3-13-7-5(8(15)12-9(13)16)10-6(11-7)4(2)14/h4,14H,3H2,1-2H3,(H,10,11)(H,12,15,16)/t4-/m0/s1. The van der Waals surface area contributed by atoms with Crippen molar-refractivity contribution in [2.24, 2.45) is 0 Å². The summed E-state index contributed by atoms with van der Waals surface area (Å²) in [6.45, 7) is 3.70. The molecule has 0 saturated heterocycles. The second-order valence-electron chi connectivity index (χ2n) is 3.50. The number of aryl methyl sites for hydroxylation is 1. The summed E-state index contributed by atoms with van der Waals surface area (Å²) in [7, 11) is 0. The molecule has 2 heterocycles. The van der Waals surface area contributed by atoms with E-state index in [1.54, 1.807) is 6.92 Å². The van der Waals surface area contributed by atoms with Crippen molar-refractivity contribution in [3.05, 3.63) is 26.7 Å². The van der Waals surface area contributed by atoms with Crippen LogP contribution in [-0.2, 0) is 6.54 Å². The minimum absolute atomic E-state index is 0.206. The van der Waals surface area contributed by atoms with Crippen LogP contribution in [0.5, 0.6) is 0 Å². The topological polar surface area (TPSA) is 104 Å². The van der Waals surface area contributed by atoms with Gasteiger partial charge in [0.2, 0.25) is 0 Å². The quantitative estimate of drug-likeness (QED) is 0.638. The molecular formula is C9H12N4O3. The first-order chi connectivity index (χ1) is 7.54. The molecule has 3 N–H and O–H groups in total. The van der Waals surface area contributed by atoms with E-state index in [2.05, 4.69) is 15.0 Å². The zero-order valence-electron chi connectivity index (χ0n) is 8.94. The summed E-state index contributed by atoms with van der Waals surface area (Å²) in [4.78, 5) is 31.9. The molecule has 0 unspecified atom stereocenters. The van der Waals surface area contributed by atoms with Gasteiger partial charge in [-0.3, -0.25) is 14.3 Å². The van der Waals surface area contributed by atoms with E-state index in [-0.39, 0.29) is 17.0 Å². The summed E-state index contributed by atoms with van der Waals surface area (Å²) >= 11 is 0. The molecule has 0 amide bonds. The Morgan fingerprint density at radius 1 is 1.44 bits per heavy atom. The Kier molecular flexibility index (Phi) is 2.39. The lowest BCUT2D eigenvalue weighted by molar-refractivity contribution is 0.190. The highest BCUT2D eigenvalue weighted by molar-refractivity contribution is 5.69. The van der Waals surface area contributed by atoms with Gasteiger partial charge >= 0.3 is 5.69 Å². The molecule has 0 aromatic carbocycles. The van der Waals surface area contributed by atoms with E-state index >= 15 is 0 Å². The molecule has 0 fully saturated rings. The van der Waals surface area contributed by atoms with Crippen molar-refractivity contribution >= 4 is 11.2 Å². The van der Waals surface area contributed by atoms with Crippen LogP contribution in [0.2, 0.25) is 0 Å². The number of aliphatic hydroxyl groups is 1. The van der Waals surface area contributed by atoms with Gasteiger partial charge in [0.05, 0.1) is 0 Å². The van der Waals surface area contributed by atoms with E-state index in [9.17, 15) is 14.7 Å². The van der Waals surface area contributed by atoms with E-state index in [1.807, 2.05) is 0 Å². The number of aromatic amines is 2. The van der Waals surface area contributed by atoms with Crippen LogP contribution in [0.4, 0.5) is 0 Å². The zero-order chi connectivity index (χ0) is 11.9. The van der Waals surface area contributed by atoms with Gasteiger partial charge in [0.1, 0.15) is 17.4 Å². The number of aliphatic hydroxyl groups excluding tert-OH is 1. The highest BCUT2D eigenvalue weighted by atomic mass is 16.3. The minimum Gasteiger partial charge on any atom is -0.385 e. The molecule has 2 rings (SSSR count). The smallest absolute Gasteiger partial charge is 0.330 e. The van der Waals surface area contributed by atoms with Crippen LogP contribution in [0.1, 0.15) is 25.8 Å². The Balaban J connectivity index is 2.89. The number of H-pyrrole nitrogens is 2. The fourth-order valence-corrected chi connectivity index (χ4v) is 1.55. The molecule has 2 aromatic heterocycles. The summed E-state index contributed by atoms with van der Waals surface area (Å²) in [6, 6.07) is 0. The Morgan fingerprint density at radius 2 is 2.12 bits per heavy atom. The molecule has 0 aliphatic heterocycles. The molecule has 7 heteroatoms. The highest BCUT2D eigenvalue weighted by Gasteiger charge is 2.13. The second kappa shape index (κ2) is 3.60. The van der Waals surface area contributed by atoms with Crippen molar-refractivity contribution < 1.29 is 5.11 Å². The van der Waals surface area contributed by atoms with E-state index in [0.717, 1.165) is 0 Å². The van der Waals surface area contributed by atoms with Crippen molar-refractivity contribution in [1.29, 1.82) is 0 Å². The zero-order valence-corrected chi connectivity index (χ0v) is 8.94. The number of aromatic nitrogens is 4. The molecular weight excluding hydrogens is 212 g/mol. The first-order valence-electron chi connectivity index (χ1n) is 4.95. The van der Waals surface area contributed by atoms with Crippen LogP contribution in [0.25, 0.3) is 11.2 Å². The van der Waals surface area contributed by atoms with Crippen molar-refractivity contribution in [3.8, 4) is 0 Å². The largest absolute Gasteiger partial charge is 0.385 e. The van der Waals surface area contributed by atoms with Gasteiger partial charge in [-0.05, 0) is 13.8 Å². The highest BCUT2D eigenvalue weighted by Crippen LogP contribution is 2.11. The van der Waals surface area contributed by atoms with Gasteiger partial charge in [0, 0.05) is 6.54 Å². The lowest BCUT2D eigenvalue weighted by Crippen LogP contribution is -2.29. The SMILES string of the molecule is CCn1c(=O)[nH]c(=O)c2[nH]c([C@H](C)O)nc21. The van der Waals surface area contributed by atoms with Gasteiger partial charge < -0.3 is 10.1 Å². The van der Waals surface area contributed by atoms with Crippen molar-refractivity contribution in [2.75, 3.05) is 0 Å². The summed E-state index contributed by atoms with van der Waals surface area (Å²) < 4.78 is 1.33. The average molecular weight is 224 g/mol. The molecule has 0 bridgehead atoms. The summed E-state index contributed by atoms with van der Waals surface area (Å²) in [5.74, 6) is 0.272. The molecule has 7 nitrogen and oxygen atoms in total. The van der Waals surface area contributed by atoms with Gasteiger partial charge in [0.25, 0.3) is 5.56 Å². The van der Waals surface area contributed by atoms with Crippen LogP contribution in [0, 0.1) is 0 Å². The maximum atomic E-state index is 11.5. The van der Waals surface area contributed by atoms with Crippen molar-refractivity contribution in [1.82, 2.24) is 19.5 Å². The molecule has 0 saturated carbocycles. The lowest BCUT2D eigenvalue weighted by Gasteiger charge is -1.99. The van der Waals surface area contributed by atoms with Crippen LogP contribution < -0.4 is 11.2 Å². The normalized spacial score (nSPS) is 13.2. The first-order valence-corrected chi connectivity index (χ1v) is 4.95. The van der Waals surface area contributed by atoms with Crippen LogP contribution in [0.15, 0.2) is 9.59 Å². The number of hydrogen-bond acceptors (Lipinski definition) is 4. The van der Waals surface area contributed by atoms with Crippen molar-refractivity contribution in [3.63, 3.8) is 0 Å². The van der Waals surface area contributed by atoms with E-state index in [0.29, 0.717) is 6.54 Å². The number of nitrogens with one attached hydrogen (secondary N) is 2. The molecule has 2 aromatic rings. The molecule has 0 aliphatic carbocycles. The Morgan fingerprint density at radius 3 is 2.69 bits per heavy atom. The van der Waals surface area contributed by atoms with Gasteiger partial charge in [-0.15, -0.1) is 0 Å². The summed E-state index contributed by atoms with van der Waals surface area (Å²) in [6.07, 6.45) is -0.813. The second-order valence-corrected chi connectivity index (χ2v) is 3.50. The summed E-state index contributed by atoms with van der Waals surface area (Å²) in [5.41, 5.74) is -0.544. The van der Waals surface area contributed by atoms with E-state index in [1.165, 1.54) is 11.5 Å². The number of imidazole rings is 1. The van der Waals surface area contributed by atoms with Crippen LogP contribution in [0.3, 0.4) is 0 Å². The van der Waals surface area contributed by atoms with Crippen LogP contribution >= 0.6 is 0 Å². The third-order valence-electron chi connectivity index (χ3n) is 2.36. The molecule has 0 spiro atoms. The van der Waals surface area contributed by atoms with Gasteiger partial charge in [-0.25, -0.2) is 9.78 Å². The van der Waals surface area contributed by atoms with Crippen LogP contribution in [-0.4, -0.2) is 24.6 Å². The fourth-order valence-electron chi connectivity index (χ4n) is 1.55. The molecule has 0 radical (unpaired) electrons. The number of hydrogen-bond donors (Lipinski definition) is 3. The third-order valence-corrected chi connectivity index (χ3v) is 2.36. The van der Waals surface area contributed by atoms with Crippen molar-refractivity contribution in [2.45, 2.75) is 26.5 Å². The molecule has 0 aliphatic rings. The molecule has 86 valence electrons. The molecule has 16 heavy (non-hydrogen) atoms. The lowest BCUT2D eigenvalue weighted by atomic mass is 10.4. The Bertz CT molecular complexity index is 634. The monoisotopic (exact) mass is 224 g/mol. The average Bonchev–Trinajstić information content (AvgIpc) is 2.63. The first kappa shape index (κ1) is 10.6. The third kappa shape index (κ3) is 1.45.